The lowest BCUT2D eigenvalue weighted by atomic mass is 10.2. The number of halogens is 4. The van der Waals surface area contributed by atoms with Crippen LogP contribution in [0.15, 0.2) is 36.4 Å². The average Bonchev–Trinajstić information content (AvgIpc) is 3.13. The topological polar surface area (TPSA) is 45.7 Å². The Balaban J connectivity index is 0.00000256. The molecule has 1 amide bonds. The van der Waals surface area contributed by atoms with E-state index in [1.165, 1.54) is 35.2 Å². The lowest BCUT2D eigenvalue weighted by Gasteiger charge is -2.29. The molecule has 0 aliphatic carbocycles. The van der Waals surface area contributed by atoms with Gasteiger partial charge < -0.3 is 4.74 Å². The van der Waals surface area contributed by atoms with Crippen LogP contribution in [0.1, 0.15) is 10.4 Å². The molecule has 1 fully saturated rings. The largest absolute Gasteiger partial charge is 0.379 e. The number of hydrogen-bond acceptors (Lipinski definition) is 5. The lowest BCUT2D eigenvalue weighted by Crippen LogP contribution is -2.43. The summed E-state index contributed by atoms with van der Waals surface area (Å²) in [6, 6.07) is 7.18. The molecule has 2 aromatic carbocycles. The molecule has 0 radical (unpaired) electrons. The molecule has 1 saturated heterocycles. The summed E-state index contributed by atoms with van der Waals surface area (Å²) in [6.45, 7) is 3.62. The van der Waals surface area contributed by atoms with E-state index in [9.17, 15) is 18.0 Å². The van der Waals surface area contributed by atoms with Crippen LogP contribution in [0.4, 0.5) is 18.3 Å². The summed E-state index contributed by atoms with van der Waals surface area (Å²) >= 11 is 1.04. The smallest absolute Gasteiger partial charge is 0.260 e. The van der Waals surface area contributed by atoms with Crippen molar-refractivity contribution in [2.24, 2.45) is 0 Å². The molecule has 1 aromatic heterocycles. The van der Waals surface area contributed by atoms with Crippen LogP contribution in [0.3, 0.4) is 0 Å². The molecular weight excluding hydrogens is 439 g/mol. The van der Waals surface area contributed by atoms with E-state index < -0.39 is 17.5 Å². The maximum Gasteiger partial charge on any atom is 0.260 e. The number of anilines is 1. The summed E-state index contributed by atoms with van der Waals surface area (Å²) in [5, 5.41) is 0.270. The van der Waals surface area contributed by atoms with Crippen molar-refractivity contribution in [3.8, 4) is 0 Å². The van der Waals surface area contributed by atoms with E-state index in [0.717, 1.165) is 30.5 Å². The van der Waals surface area contributed by atoms with Gasteiger partial charge >= 0.3 is 0 Å². The van der Waals surface area contributed by atoms with Crippen LogP contribution < -0.4 is 4.90 Å². The number of benzene rings is 2. The Morgan fingerprint density at radius 3 is 2.50 bits per heavy atom. The van der Waals surface area contributed by atoms with E-state index in [4.69, 9.17) is 4.74 Å². The van der Waals surface area contributed by atoms with Crippen LogP contribution in [0.2, 0.25) is 0 Å². The van der Waals surface area contributed by atoms with Crippen molar-refractivity contribution in [3.63, 3.8) is 0 Å². The van der Waals surface area contributed by atoms with Gasteiger partial charge in [-0.15, -0.1) is 12.4 Å². The normalized spacial score (nSPS) is 14.5. The summed E-state index contributed by atoms with van der Waals surface area (Å²) in [5.41, 5.74) is 0.314. The van der Waals surface area contributed by atoms with Crippen LogP contribution in [0, 0.1) is 17.5 Å². The van der Waals surface area contributed by atoms with E-state index in [2.05, 4.69) is 9.88 Å². The molecule has 2 heterocycles. The number of thiazole rings is 1. The number of amides is 1. The minimum atomic E-state index is -0.773. The predicted molar refractivity (Wildman–Crippen MR) is 112 cm³/mol. The van der Waals surface area contributed by atoms with Crippen molar-refractivity contribution < 1.29 is 22.7 Å². The summed E-state index contributed by atoms with van der Waals surface area (Å²) in [4.78, 5) is 21.0. The van der Waals surface area contributed by atoms with Gasteiger partial charge in [0.25, 0.3) is 5.91 Å². The van der Waals surface area contributed by atoms with Gasteiger partial charge in [0.2, 0.25) is 0 Å². The van der Waals surface area contributed by atoms with Crippen LogP contribution >= 0.6 is 23.7 Å². The number of carbonyl (C=O) groups excluding carboxylic acids is 1. The van der Waals surface area contributed by atoms with E-state index in [-0.39, 0.29) is 29.0 Å². The maximum atomic E-state index is 14.1. The minimum Gasteiger partial charge on any atom is -0.379 e. The molecule has 0 spiro atoms. The Kier molecular flexibility index (Phi) is 7.30. The molecule has 3 aromatic rings. The molecule has 0 unspecified atom stereocenters. The molecule has 10 heteroatoms. The molecule has 1 aliphatic rings. The van der Waals surface area contributed by atoms with E-state index in [1.54, 1.807) is 0 Å². The van der Waals surface area contributed by atoms with Crippen LogP contribution in [0.25, 0.3) is 10.2 Å². The number of rotatable bonds is 5. The first-order valence-corrected chi connectivity index (χ1v) is 9.96. The molecule has 4 rings (SSSR count). The fourth-order valence-corrected chi connectivity index (χ4v) is 4.19. The predicted octanol–water partition coefficient (Wildman–Crippen LogP) is 4.11. The Labute approximate surface area is 181 Å². The second kappa shape index (κ2) is 9.74. The number of carbonyl (C=O) groups is 1. The zero-order chi connectivity index (χ0) is 20.4. The van der Waals surface area contributed by atoms with Crippen LogP contribution in [0.5, 0.6) is 0 Å². The van der Waals surface area contributed by atoms with Gasteiger partial charge in [-0.1, -0.05) is 11.3 Å². The third-order valence-corrected chi connectivity index (χ3v) is 5.74. The summed E-state index contributed by atoms with van der Waals surface area (Å²) in [6.07, 6.45) is 0. The third-order valence-electron chi connectivity index (χ3n) is 4.71. The SMILES string of the molecule is Cl.O=C(c1ccc(F)cc1)N(CCN1CCOCC1)c1nc2c(F)cc(F)cc2s1. The van der Waals surface area contributed by atoms with Gasteiger partial charge in [0, 0.05) is 37.8 Å². The number of nitrogens with zero attached hydrogens (tertiary/aromatic N) is 3. The molecule has 160 valence electrons. The summed E-state index contributed by atoms with van der Waals surface area (Å²) in [5.74, 6) is -2.29. The van der Waals surface area contributed by atoms with Crippen molar-refractivity contribution in [2.75, 3.05) is 44.3 Å². The highest BCUT2D eigenvalue weighted by Crippen LogP contribution is 2.32. The Hall–Kier alpha value is -2.20. The number of morpholine rings is 1. The molecule has 0 N–H and O–H groups in total. The number of ether oxygens (including phenoxy) is 1. The second-order valence-corrected chi connectivity index (χ2v) is 7.66. The van der Waals surface area contributed by atoms with Crippen molar-refractivity contribution in [1.29, 1.82) is 0 Å². The zero-order valence-corrected chi connectivity index (χ0v) is 17.4. The van der Waals surface area contributed by atoms with E-state index in [1.807, 2.05) is 0 Å². The third kappa shape index (κ3) is 4.92. The van der Waals surface area contributed by atoms with Gasteiger partial charge in [-0.3, -0.25) is 14.6 Å². The van der Waals surface area contributed by atoms with Crippen molar-refractivity contribution in [3.05, 3.63) is 59.4 Å². The fraction of sp³-hybridized carbons (Fsp3) is 0.300. The van der Waals surface area contributed by atoms with Crippen molar-refractivity contribution in [1.82, 2.24) is 9.88 Å². The van der Waals surface area contributed by atoms with Gasteiger partial charge in [0.05, 0.1) is 17.9 Å². The number of fused-ring (bicyclic) bond motifs is 1. The van der Waals surface area contributed by atoms with Gasteiger partial charge in [-0.05, 0) is 30.3 Å². The van der Waals surface area contributed by atoms with Crippen molar-refractivity contribution >= 4 is 45.0 Å². The average molecular weight is 458 g/mol. The standard InChI is InChI=1S/C20H18F3N3O2S.ClH/c21-14-3-1-13(2-4-14)19(27)26(6-5-25-7-9-28-10-8-25)20-24-18-16(23)11-15(22)12-17(18)29-20;/h1-4,11-12H,5-10H2;1H. The first kappa shape index (κ1) is 22.5. The van der Waals surface area contributed by atoms with Gasteiger partial charge in [-0.2, -0.15) is 0 Å². The summed E-state index contributed by atoms with van der Waals surface area (Å²) in [7, 11) is 0. The highest BCUT2D eigenvalue weighted by molar-refractivity contribution is 7.22. The van der Waals surface area contributed by atoms with Gasteiger partial charge in [0.1, 0.15) is 17.2 Å². The molecule has 5 nitrogen and oxygen atoms in total. The minimum absolute atomic E-state index is 0. The quantitative estimate of drug-likeness (QED) is 0.578. The van der Waals surface area contributed by atoms with Crippen molar-refractivity contribution in [2.45, 2.75) is 0 Å². The first-order chi connectivity index (χ1) is 14.0. The van der Waals surface area contributed by atoms with Gasteiger partial charge in [0.15, 0.2) is 10.9 Å². The fourth-order valence-electron chi connectivity index (χ4n) is 3.16. The second-order valence-electron chi connectivity index (χ2n) is 6.65. The lowest BCUT2D eigenvalue weighted by molar-refractivity contribution is 0.0391. The van der Waals surface area contributed by atoms with E-state index in [0.29, 0.717) is 36.6 Å². The molecular formula is C20H19ClF3N3O2S. The first-order valence-electron chi connectivity index (χ1n) is 9.14. The monoisotopic (exact) mass is 457 g/mol. The number of hydrogen-bond donors (Lipinski definition) is 0. The van der Waals surface area contributed by atoms with Gasteiger partial charge in [-0.25, -0.2) is 18.2 Å². The number of aromatic nitrogens is 1. The molecule has 0 atom stereocenters. The molecule has 0 bridgehead atoms. The Bertz CT molecular complexity index is 1030. The summed E-state index contributed by atoms with van der Waals surface area (Å²) < 4.78 is 46.6. The molecule has 1 aliphatic heterocycles. The zero-order valence-electron chi connectivity index (χ0n) is 15.8. The Morgan fingerprint density at radius 2 is 1.80 bits per heavy atom. The molecule has 30 heavy (non-hydrogen) atoms. The highest BCUT2D eigenvalue weighted by atomic mass is 35.5. The van der Waals surface area contributed by atoms with Crippen LogP contribution in [-0.4, -0.2) is 55.2 Å². The highest BCUT2D eigenvalue weighted by Gasteiger charge is 2.24. The van der Waals surface area contributed by atoms with E-state index >= 15 is 0 Å². The maximum absolute atomic E-state index is 14.1. The Morgan fingerprint density at radius 1 is 1.10 bits per heavy atom. The van der Waals surface area contributed by atoms with Crippen LogP contribution in [-0.2, 0) is 4.74 Å². The molecule has 0 saturated carbocycles.